The highest BCUT2D eigenvalue weighted by Gasteiger charge is 2.27. The molecule has 1 saturated carbocycles. The summed E-state index contributed by atoms with van der Waals surface area (Å²) in [5, 5.41) is 5.89. The van der Waals surface area contributed by atoms with Crippen LogP contribution in [0.25, 0.3) is 0 Å². The van der Waals surface area contributed by atoms with Gasteiger partial charge in [0.15, 0.2) is 5.76 Å². The summed E-state index contributed by atoms with van der Waals surface area (Å²) in [7, 11) is 0. The van der Waals surface area contributed by atoms with E-state index in [1.165, 1.54) is 19.1 Å². The highest BCUT2D eigenvalue weighted by Crippen LogP contribution is 2.17. The smallest absolute Gasteiger partial charge is 0.287 e. The first-order valence-electron chi connectivity index (χ1n) is 8.22. The van der Waals surface area contributed by atoms with Gasteiger partial charge in [0.05, 0.1) is 6.26 Å². The Labute approximate surface area is 131 Å². The van der Waals surface area contributed by atoms with Crippen LogP contribution in [0.3, 0.4) is 0 Å². The van der Waals surface area contributed by atoms with Crippen LogP contribution in [0.4, 0.5) is 0 Å². The van der Waals surface area contributed by atoms with Crippen molar-refractivity contribution < 1.29 is 14.0 Å². The molecule has 0 aliphatic heterocycles. The maximum Gasteiger partial charge on any atom is 0.287 e. The lowest BCUT2D eigenvalue weighted by Crippen LogP contribution is -2.52. The minimum Gasteiger partial charge on any atom is -0.459 e. The van der Waals surface area contributed by atoms with E-state index in [0.29, 0.717) is 0 Å². The molecule has 0 spiro atoms. The molecule has 0 unspecified atom stereocenters. The zero-order chi connectivity index (χ0) is 15.9. The number of nitrogens with one attached hydrogen (secondary N) is 2. The molecule has 5 heteroatoms. The summed E-state index contributed by atoms with van der Waals surface area (Å²) in [5.41, 5.74) is 0. The van der Waals surface area contributed by atoms with Gasteiger partial charge in [-0.1, -0.05) is 39.5 Å². The summed E-state index contributed by atoms with van der Waals surface area (Å²) in [4.78, 5) is 24.6. The van der Waals surface area contributed by atoms with E-state index < -0.39 is 6.04 Å². The fourth-order valence-corrected chi connectivity index (χ4v) is 2.87. The highest BCUT2D eigenvalue weighted by atomic mass is 16.3. The molecule has 0 aromatic carbocycles. The summed E-state index contributed by atoms with van der Waals surface area (Å²) >= 11 is 0. The topological polar surface area (TPSA) is 71.3 Å². The van der Waals surface area contributed by atoms with Crippen LogP contribution < -0.4 is 10.6 Å². The minimum atomic E-state index is -0.541. The molecular formula is C17H26N2O3. The maximum atomic E-state index is 12.5. The second kappa shape index (κ2) is 8.01. The van der Waals surface area contributed by atoms with Gasteiger partial charge in [0.1, 0.15) is 6.04 Å². The Morgan fingerprint density at radius 2 is 1.86 bits per heavy atom. The first-order chi connectivity index (χ1) is 10.6. The van der Waals surface area contributed by atoms with Gasteiger partial charge in [-0.05, 0) is 30.9 Å². The standard InChI is InChI=1S/C17H26N2O3/c1-12(2)15(19-16(20)14-10-7-11-22-14)17(21)18-13-8-5-3-4-6-9-13/h7,10-13,15H,3-6,8-9H2,1-2H3,(H,18,21)(H,19,20)/t15-/m0/s1. The monoisotopic (exact) mass is 306 g/mol. The van der Waals surface area contributed by atoms with E-state index in [1.807, 2.05) is 13.8 Å². The fraction of sp³-hybridized carbons (Fsp3) is 0.647. The van der Waals surface area contributed by atoms with Crippen molar-refractivity contribution in [2.75, 3.05) is 0 Å². The van der Waals surface area contributed by atoms with Crippen LogP contribution >= 0.6 is 0 Å². The molecule has 1 heterocycles. The average molecular weight is 306 g/mol. The van der Waals surface area contributed by atoms with E-state index in [0.717, 1.165) is 25.7 Å². The van der Waals surface area contributed by atoms with Crippen molar-refractivity contribution in [2.24, 2.45) is 5.92 Å². The molecule has 1 aromatic rings. The molecular weight excluding hydrogens is 280 g/mol. The van der Waals surface area contributed by atoms with Gasteiger partial charge >= 0.3 is 0 Å². The van der Waals surface area contributed by atoms with Crippen molar-refractivity contribution in [3.05, 3.63) is 24.2 Å². The third kappa shape index (κ3) is 4.61. The second-order valence-electron chi connectivity index (χ2n) is 6.37. The summed E-state index contributed by atoms with van der Waals surface area (Å²) in [6.45, 7) is 3.86. The van der Waals surface area contributed by atoms with Crippen molar-refractivity contribution in [1.82, 2.24) is 10.6 Å². The second-order valence-corrected chi connectivity index (χ2v) is 6.37. The van der Waals surface area contributed by atoms with Gasteiger partial charge in [0, 0.05) is 6.04 Å². The summed E-state index contributed by atoms with van der Waals surface area (Å²) in [6.07, 6.45) is 8.33. The quantitative estimate of drug-likeness (QED) is 0.822. The largest absolute Gasteiger partial charge is 0.459 e. The van der Waals surface area contributed by atoms with Crippen LogP contribution in [0, 0.1) is 5.92 Å². The van der Waals surface area contributed by atoms with Crippen LogP contribution in [-0.4, -0.2) is 23.9 Å². The summed E-state index contributed by atoms with van der Waals surface area (Å²) in [5.74, 6) is -0.195. The third-order valence-corrected chi connectivity index (χ3v) is 4.18. The van der Waals surface area contributed by atoms with Gasteiger partial charge < -0.3 is 15.1 Å². The van der Waals surface area contributed by atoms with Crippen molar-refractivity contribution >= 4 is 11.8 Å². The van der Waals surface area contributed by atoms with E-state index in [9.17, 15) is 9.59 Å². The average Bonchev–Trinajstić information content (AvgIpc) is 2.90. The Kier molecular flexibility index (Phi) is 6.04. The zero-order valence-electron chi connectivity index (χ0n) is 13.4. The lowest BCUT2D eigenvalue weighted by molar-refractivity contribution is -0.124. The van der Waals surface area contributed by atoms with Gasteiger partial charge in [-0.15, -0.1) is 0 Å². The molecule has 1 fully saturated rings. The molecule has 1 aromatic heterocycles. The van der Waals surface area contributed by atoms with Gasteiger partial charge in [0.25, 0.3) is 5.91 Å². The van der Waals surface area contributed by atoms with Crippen molar-refractivity contribution in [3.8, 4) is 0 Å². The van der Waals surface area contributed by atoms with E-state index >= 15 is 0 Å². The lowest BCUT2D eigenvalue weighted by atomic mass is 10.0. The predicted octanol–water partition coefficient (Wildman–Crippen LogP) is 2.87. The number of amides is 2. The van der Waals surface area contributed by atoms with Gasteiger partial charge in [0.2, 0.25) is 5.91 Å². The minimum absolute atomic E-state index is 0.0182. The van der Waals surface area contributed by atoms with Crippen molar-refractivity contribution in [2.45, 2.75) is 64.5 Å². The third-order valence-electron chi connectivity index (χ3n) is 4.18. The molecule has 2 amide bonds. The first kappa shape index (κ1) is 16.6. The van der Waals surface area contributed by atoms with Gasteiger partial charge in [-0.2, -0.15) is 0 Å². The van der Waals surface area contributed by atoms with E-state index in [4.69, 9.17) is 4.42 Å². The lowest BCUT2D eigenvalue weighted by Gasteiger charge is -2.24. The number of furan rings is 1. The summed E-state index contributed by atoms with van der Waals surface area (Å²) in [6, 6.07) is 2.94. The zero-order valence-corrected chi connectivity index (χ0v) is 13.4. The molecule has 1 aliphatic rings. The predicted molar refractivity (Wildman–Crippen MR) is 84.4 cm³/mol. The molecule has 0 radical (unpaired) electrons. The number of carbonyl (C=O) groups is 2. The van der Waals surface area contributed by atoms with E-state index in [-0.39, 0.29) is 29.5 Å². The van der Waals surface area contributed by atoms with E-state index in [1.54, 1.807) is 12.1 Å². The Hall–Kier alpha value is -1.78. The van der Waals surface area contributed by atoms with Gasteiger partial charge in [-0.25, -0.2) is 0 Å². The number of hydrogen-bond donors (Lipinski definition) is 2. The maximum absolute atomic E-state index is 12.5. The fourth-order valence-electron chi connectivity index (χ4n) is 2.87. The first-order valence-corrected chi connectivity index (χ1v) is 8.22. The van der Waals surface area contributed by atoms with Crippen LogP contribution in [0.5, 0.6) is 0 Å². The number of rotatable bonds is 5. The normalized spacial score (nSPS) is 17.8. The molecule has 22 heavy (non-hydrogen) atoms. The van der Waals surface area contributed by atoms with Crippen LogP contribution in [0.15, 0.2) is 22.8 Å². The molecule has 0 bridgehead atoms. The Morgan fingerprint density at radius 1 is 1.18 bits per heavy atom. The highest BCUT2D eigenvalue weighted by molar-refractivity contribution is 5.95. The Balaban J connectivity index is 1.94. The van der Waals surface area contributed by atoms with Crippen molar-refractivity contribution in [1.29, 1.82) is 0 Å². The number of carbonyl (C=O) groups excluding carboxylic acids is 2. The van der Waals surface area contributed by atoms with Crippen LogP contribution in [-0.2, 0) is 4.79 Å². The molecule has 2 rings (SSSR count). The van der Waals surface area contributed by atoms with Gasteiger partial charge in [-0.3, -0.25) is 9.59 Å². The summed E-state index contributed by atoms with van der Waals surface area (Å²) < 4.78 is 5.08. The molecule has 1 aliphatic carbocycles. The Morgan fingerprint density at radius 3 is 2.41 bits per heavy atom. The molecule has 2 N–H and O–H groups in total. The van der Waals surface area contributed by atoms with E-state index in [2.05, 4.69) is 10.6 Å². The SMILES string of the molecule is CC(C)[C@H](NC(=O)c1ccco1)C(=O)NC1CCCCCC1. The molecule has 122 valence electrons. The molecule has 0 saturated heterocycles. The Bertz CT molecular complexity index is 474. The van der Waals surface area contributed by atoms with Crippen molar-refractivity contribution in [3.63, 3.8) is 0 Å². The molecule has 1 atom stereocenters. The molecule has 5 nitrogen and oxygen atoms in total. The van der Waals surface area contributed by atoms with Crippen LogP contribution in [0.1, 0.15) is 62.9 Å². The number of hydrogen-bond acceptors (Lipinski definition) is 3. The van der Waals surface area contributed by atoms with Crippen LogP contribution in [0.2, 0.25) is 0 Å².